The third-order valence-electron chi connectivity index (χ3n) is 0.711. The molecule has 0 unspecified atom stereocenters. The third kappa shape index (κ3) is 1.15. The highest BCUT2D eigenvalue weighted by molar-refractivity contribution is 9.11. The number of nitrogens with one attached hydrogen (secondary N) is 1. The van der Waals surface area contributed by atoms with Gasteiger partial charge in [0.05, 0.1) is 0 Å². The molecule has 1 aliphatic rings. The number of rotatable bonds is 1. The third-order valence-corrected chi connectivity index (χ3v) is 1.09. The second kappa shape index (κ2) is 2.30. The first-order chi connectivity index (χ1) is 3.43. The minimum absolute atomic E-state index is 0.839. The van der Waals surface area contributed by atoms with Gasteiger partial charge < -0.3 is 15.0 Å². The summed E-state index contributed by atoms with van der Waals surface area (Å²) in [6.45, 7) is 0.839. The van der Waals surface area contributed by atoms with Gasteiger partial charge in [0.25, 0.3) is 0 Å². The molecule has 0 amide bonds. The SMILES string of the molecule is Br[N-]N1CC=CN1. The molecule has 1 rings (SSSR count). The largest absolute Gasteiger partial charge is 0.510 e. The van der Waals surface area contributed by atoms with Crippen molar-refractivity contribution in [3.63, 3.8) is 0 Å². The van der Waals surface area contributed by atoms with E-state index in [2.05, 4.69) is 26.0 Å². The monoisotopic (exact) mass is 162 g/mol. The molecule has 40 valence electrons. The quantitative estimate of drug-likeness (QED) is 0.622. The van der Waals surface area contributed by atoms with Crippen molar-refractivity contribution in [1.82, 2.24) is 10.5 Å². The number of nitrogens with zero attached hydrogens (tertiary/aromatic N) is 2. The highest BCUT2D eigenvalue weighted by Gasteiger charge is 1.89. The predicted octanol–water partition coefficient (Wildman–Crippen LogP) is 0.919. The second-order valence-electron chi connectivity index (χ2n) is 1.19. The van der Waals surface area contributed by atoms with Crippen LogP contribution in [0.5, 0.6) is 0 Å². The Balaban J connectivity index is 2.22. The Morgan fingerprint density at radius 2 is 2.71 bits per heavy atom. The van der Waals surface area contributed by atoms with E-state index in [-0.39, 0.29) is 0 Å². The van der Waals surface area contributed by atoms with Gasteiger partial charge in [-0.1, -0.05) is 6.08 Å². The lowest BCUT2D eigenvalue weighted by atomic mass is 10.7. The van der Waals surface area contributed by atoms with Crippen LogP contribution in [0.15, 0.2) is 12.3 Å². The van der Waals surface area contributed by atoms with Crippen LogP contribution in [0.4, 0.5) is 0 Å². The van der Waals surface area contributed by atoms with Crippen molar-refractivity contribution in [2.75, 3.05) is 6.54 Å². The molecule has 4 heteroatoms. The maximum Gasteiger partial charge on any atom is 0.0182 e. The van der Waals surface area contributed by atoms with Crippen molar-refractivity contribution in [2.45, 2.75) is 0 Å². The Morgan fingerprint density at radius 1 is 1.86 bits per heavy atom. The molecule has 7 heavy (non-hydrogen) atoms. The molecule has 0 saturated heterocycles. The second-order valence-corrected chi connectivity index (χ2v) is 1.51. The molecule has 0 atom stereocenters. The first kappa shape index (κ1) is 5.08. The molecule has 0 spiro atoms. The zero-order chi connectivity index (χ0) is 5.11. The van der Waals surface area contributed by atoms with E-state index in [9.17, 15) is 0 Å². The normalized spacial score (nSPS) is 20.1. The van der Waals surface area contributed by atoms with E-state index in [0.717, 1.165) is 6.54 Å². The van der Waals surface area contributed by atoms with Crippen molar-refractivity contribution in [3.05, 3.63) is 16.7 Å². The van der Waals surface area contributed by atoms with Crippen LogP contribution in [0.3, 0.4) is 0 Å². The highest BCUT2D eigenvalue weighted by Crippen LogP contribution is 2.04. The van der Waals surface area contributed by atoms with Gasteiger partial charge in [-0.3, -0.25) is 0 Å². The first-order valence-electron chi connectivity index (χ1n) is 1.94. The van der Waals surface area contributed by atoms with Gasteiger partial charge in [-0.05, 0) is 0 Å². The Kier molecular flexibility index (Phi) is 1.67. The molecule has 1 heterocycles. The minimum Gasteiger partial charge on any atom is -0.510 e. The summed E-state index contributed by atoms with van der Waals surface area (Å²) in [6.07, 6.45) is 3.82. The first-order valence-corrected chi connectivity index (χ1v) is 2.65. The topological polar surface area (TPSA) is 29.4 Å². The highest BCUT2D eigenvalue weighted by atomic mass is 79.9. The van der Waals surface area contributed by atoms with E-state index in [1.54, 1.807) is 5.12 Å². The maximum absolute atomic E-state index is 3.66. The molecule has 0 bridgehead atoms. The molecule has 0 radical (unpaired) electrons. The van der Waals surface area contributed by atoms with E-state index >= 15 is 0 Å². The summed E-state index contributed by atoms with van der Waals surface area (Å²) in [4.78, 5) is 0. The number of halogens is 1. The summed E-state index contributed by atoms with van der Waals surface area (Å²) in [6, 6.07) is 0. The van der Waals surface area contributed by atoms with Gasteiger partial charge >= 0.3 is 0 Å². The van der Waals surface area contributed by atoms with Gasteiger partial charge in [0.1, 0.15) is 0 Å². The van der Waals surface area contributed by atoms with Crippen LogP contribution < -0.4 is 5.43 Å². The van der Waals surface area contributed by atoms with Crippen LogP contribution in [0.1, 0.15) is 0 Å². The van der Waals surface area contributed by atoms with Crippen LogP contribution in [-0.2, 0) is 0 Å². The predicted molar refractivity (Wildman–Crippen MR) is 31.3 cm³/mol. The zero-order valence-electron chi connectivity index (χ0n) is 3.63. The minimum atomic E-state index is 0.839. The van der Waals surface area contributed by atoms with Gasteiger partial charge in [-0.2, -0.15) is 0 Å². The summed E-state index contributed by atoms with van der Waals surface area (Å²) < 4.78 is 3.66. The molecule has 0 saturated carbocycles. The Bertz CT molecular complexity index is 74.2. The molecular formula is C3H5BrN3-. The number of hydrazine groups is 1. The standard InChI is InChI=1S/C3H5BrN3/c4-6-7-3-1-2-5-7/h1-2,5H,3H2/q-1. The van der Waals surface area contributed by atoms with E-state index in [1.165, 1.54) is 0 Å². The van der Waals surface area contributed by atoms with Crippen molar-refractivity contribution in [2.24, 2.45) is 0 Å². The molecule has 3 nitrogen and oxygen atoms in total. The Morgan fingerprint density at radius 3 is 3.00 bits per heavy atom. The van der Waals surface area contributed by atoms with Gasteiger partial charge in [-0.15, -0.1) is 0 Å². The molecule has 0 aliphatic carbocycles. The summed E-state index contributed by atoms with van der Waals surface area (Å²) >= 11 is 2.92. The van der Waals surface area contributed by atoms with Crippen LogP contribution in [0, 0.1) is 0 Å². The van der Waals surface area contributed by atoms with E-state index < -0.39 is 0 Å². The van der Waals surface area contributed by atoms with Crippen molar-refractivity contribution in [1.29, 1.82) is 0 Å². The average Bonchev–Trinajstić information content (AvgIpc) is 2.14. The van der Waals surface area contributed by atoms with E-state index in [1.807, 2.05) is 12.3 Å². The fraction of sp³-hybridized carbons (Fsp3) is 0.333. The molecule has 1 aliphatic heterocycles. The maximum atomic E-state index is 3.66. The van der Waals surface area contributed by atoms with Crippen molar-refractivity contribution in [3.8, 4) is 0 Å². The lowest BCUT2D eigenvalue weighted by Gasteiger charge is -2.26. The smallest absolute Gasteiger partial charge is 0.0182 e. The van der Waals surface area contributed by atoms with Crippen LogP contribution >= 0.6 is 16.1 Å². The zero-order valence-corrected chi connectivity index (χ0v) is 5.22. The molecule has 0 aromatic rings. The Labute approximate surface area is 50.7 Å². The van der Waals surface area contributed by atoms with Crippen LogP contribution in [0.25, 0.3) is 4.45 Å². The summed E-state index contributed by atoms with van der Waals surface area (Å²) in [5.41, 5.74) is 2.85. The summed E-state index contributed by atoms with van der Waals surface area (Å²) in [5, 5.41) is 1.67. The van der Waals surface area contributed by atoms with Gasteiger partial charge in [0.15, 0.2) is 0 Å². The van der Waals surface area contributed by atoms with Crippen molar-refractivity contribution >= 4 is 16.1 Å². The number of hydrogen-bond donors (Lipinski definition) is 1. The fourth-order valence-corrected chi connectivity index (χ4v) is 0.618. The lowest BCUT2D eigenvalue weighted by molar-refractivity contribution is 0.370. The molecule has 1 N–H and O–H groups in total. The Hall–Kier alpha value is -0.0600. The molecule has 0 aromatic carbocycles. The van der Waals surface area contributed by atoms with E-state index in [4.69, 9.17) is 0 Å². The van der Waals surface area contributed by atoms with E-state index in [0.29, 0.717) is 0 Å². The van der Waals surface area contributed by atoms with Crippen LogP contribution in [0.2, 0.25) is 0 Å². The van der Waals surface area contributed by atoms with Gasteiger partial charge in [0, 0.05) is 12.7 Å². The average molecular weight is 163 g/mol. The van der Waals surface area contributed by atoms with Crippen molar-refractivity contribution < 1.29 is 0 Å². The lowest BCUT2D eigenvalue weighted by Crippen LogP contribution is -2.22. The van der Waals surface area contributed by atoms with Crippen LogP contribution in [-0.4, -0.2) is 11.7 Å². The summed E-state index contributed by atoms with van der Waals surface area (Å²) in [7, 11) is 0. The fourth-order valence-electron chi connectivity index (χ4n) is 0.397. The molecule has 0 fully saturated rings. The molecule has 0 aromatic heterocycles. The molecular weight excluding hydrogens is 158 g/mol. The summed E-state index contributed by atoms with van der Waals surface area (Å²) in [5.74, 6) is 0. The van der Waals surface area contributed by atoms with Gasteiger partial charge in [0.2, 0.25) is 0 Å². The van der Waals surface area contributed by atoms with Gasteiger partial charge in [-0.25, -0.2) is 16.1 Å². The number of hydrogen-bond acceptors (Lipinski definition) is 2.